The molecule has 0 bridgehead atoms. The maximum absolute atomic E-state index is 12.6. The van der Waals surface area contributed by atoms with Crippen LogP contribution in [0.4, 0.5) is 0 Å². The Morgan fingerprint density at radius 1 is 0.973 bits per heavy atom. The monoisotopic (exact) mass is 500 g/mol. The predicted molar refractivity (Wildman–Crippen MR) is 151 cm³/mol. The summed E-state index contributed by atoms with van der Waals surface area (Å²) in [7, 11) is 0. The number of carbonyl (C=O) groups excluding carboxylic acids is 2. The summed E-state index contributed by atoms with van der Waals surface area (Å²) in [5.74, 6) is 0.0224. The lowest BCUT2D eigenvalue weighted by Gasteiger charge is -2.20. The minimum Gasteiger partial charge on any atom is -0.350 e. The van der Waals surface area contributed by atoms with Crippen molar-refractivity contribution >= 4 is 11.8 Å². The van der Waals surface area contributed by atoms with Gasteiger partial charge in [-0.15, -0.1) is 0 Å². The molecule has 37 heavy (non-hydrogen) atoms. The molecule has 1 fully saturated rings. The molecule has 0 radical (unpaired) electrons. The van der Waals surface area contributed by atoms with Crippen LogP contribution in [-0.4, -0.2) is 55.5 Å². The Labute approximate surface area is 221 Å². The van der Waals surface area contributed by atoms with Gasteiger partial charge in [-0.1, -0.05) is 86.1 Å². The van der Waals surface area contributed by atoms with E-state index >= 15 is 0 Å². The van der Waals surface area contributed by atoms with Crippen LogP contribution in [0.3, 0.4) is 0 Å². The van der Waals surface area contributed by atoms with Crippen molar-refractivity contribution in [2.75, 3.05) is 32.7 Å². The summed E-state index contributed by atoms with van der Waals surface area (Å²) in [5, 5.41) is 6.30. The molecule has 6 heteroatoms. The molecule has 1 heterocycles. The second-order valence-corrected chi connectivity index (χ2v) is 9.28. The van der Waals surface area contributed by atoms with Crippen molar-refractivity contribution in [3.63, 3.8) is 0 Å². The number of hydrogen-bond donors (Lipinski definition) is 3. The van der Waals surface area contributed by atoms with Crippen LogP contribution in [0.25, 0.3) is 11.1 Å². The summed E-state index contributed by atoms with van der Waals surface area (Å²) in [6.45, 7) is 5.20. The fourth-order valence-electron chi connectivity index (χ4n) is 4.17. The second kappa shape index (κ2) is 15.6. The number of nitrogens with zero attached hydrogens (tertiary/aromatic N) is 1. The van der Waals surface area contributed by atoms with Crippen molar-refractivity contribution in [3.05, 3.63) is 96.1 Å². The molecule has 0 aromatic heterocycles. The van der Waals surface area contributed by atoms with Crippen molar-refractivity contribution in [3.8, 4) is 11.1 Å². The third-order valence-corrected chi connectivity index (χ3v) is 6.48. The normalized spacial score (nSPS) is 15.4. The molecule has 6 nitrogen and oxygen atoms in total. The van der Waals surface area contributed by atoms with E-state index in [9.17, 15) is 9.59 Å². The molecular weight excluding hydrogens is 460 g/mol. The van der Waals surface area contributed by atoms with Gasteiger partial charge in [-0.3, -0.25) is 9.59 Å². The van der Waals surface area contributed by atoms with Crippen molar-refractivity contribution in [2.24, 2.45) is 5.73 Å². The van der Waals surface area contributed by atoms with Crippen LogP contribution in [0.1, 0.15) is 42.1 Å². The Balaban J connectivity index is 0.000000695. The lowest BCUT2D eigenvalue weighted by molar-refractivity contribution is -0.129. The Morgan fingerprint density at radius 2 is 1.62 bits per heavy atom. The Morgan fingerprint density at radius 3 is 2.24 bits per heavy atom. The number of unbranched alkanes of at least 4 members (excludes halogenated alkanes) is 1. The average Bonchev–Trinajstić information content (AvgIpc) is 3.13. The van der Waals surface area contributed by atoms with Crippen molar-refractivity contribution < 1.29 is 9.59 Å². The Hall–Kier alpha value is -3.48. The van der Waals surface area contributed by atoms with Gasteiger partial charge in [0.05, 0.1) is 6.54 Å². The van der Waals surface area contributed by atoms with E-state index in [-0.39, 0.29) is 17.9 Å². The summed E-state index contributed by atoms with van der Waals surface area (Å²) < 4.78 is 0. The van der Waals surface area contributed by atoms with Gasteiger partial charge in [-0.2, -0.15) is 0 Å². The van der Waals surface area contributed by atoms with E-state index in [0.717, 1.165) is 37.1 Å². The lowest BCUT2D eigenvalue weighted by atomic mass is 10.0. The third-order valence-electron chi connectivity index (χ3n) is 6.48. The van der Waals surface area contributed by atoms with Crippen LogP contribution in [0.5, 0.6) is 0 Å². The van der Waals surface area contributed by atoms with E-state index in [0.29, 0.717) is 25.2 Å². The first-order valence-corrected chi connectivity index (χ1v) is 13.3. The predicted octanol–water partition coefficient (Wildman–Crippen LogP) is 4.26. The smallest absolute Gasteiger partial charge is 0.251 e. The highest BCUT2D eigenvalue weighted by Gasteiger charge is 2.22. The highest BCUT2D eigenvalue weighted by Crippen LogP contribution is 2.19. The highest BCUT2D eigenvalue weighted by molar-refractivity contribution is 5.94. The molecule has 1 saturated heterocycles. The maximum atomic E-state index is 12.6. The van der Waals surface area contributed by atoms with Crippen LogP contribution >= 0.6 is 0 Å². The zero-order valence-electron chi connectivity index (χ0n) is 21.9. The minimum atomic E-state index is -0.0945. The van der Waals surface area contributed by atoms with E-state index in [1.807, 2.05) is 65.6 Å². The summed E-state index contributed by atoms with van der Waals surface area (Å²) in [6, 6.07) is 28.0. The van der Waals surface area contributed by atoms with Gasteiger partial charge in [0.1, 0.15) is 0 Å². The van der Waals surface area contributed by atoms with Crippen LogP contribution < -0.4 is 16.4 Å². The molecule has 3 aromatic rings. The van der Waals surface area contributed by atoms with Gasteiger partial charge in [-0.25, -0.2) is 0 Å². The molecule has 1 unspecified atom stereocenters. The molecule has 1 aliphatic heterocycles. The summed E-state index contributed by atoms with van der Waals surface area (Å²) in [6.07, 6.45) is 4.05. The highest BCUT2D eigenvalue weighted by atomic mass is 16.2. The molecule has 4 N–H and O–H groups in total. The molecule has 2 amide bonds. The van der Waals surface area contributed by atoms with Crippen LogP contribution in [0.2, 0.25) is 0 Å². The van der Waals surface area contributed by atoms with E-state index in [1.165, 1.54) is 18.4 Å². The quantitative estimate of drug-likeness (QED) is 0.410. The maximum Gasteiger partial charge on any atom is 0.251 e. The van der Waals surface area contributed by atoms with Gasteiger partial charge >= 0.3 is 0 Å². The van der Waals surface area contributed by atoms with E-state index < -0.39 is 0 Å². The zero-order chi connectivity index (χ0) is 26.3. The van der Waals surface area contributed by atoms with E-state index in [1.54, 1.807) is 0 Å². The number of amides is 2. The topological polar surface area (TPSA) is 87.5 Å². The molecular formula is C31H40N4O2. The van der Waals surface area contributed by atoms with Crippen LogP contribution in [0, 0.1) is 0 Å². The largest absolute Gasteiger partial charge is 0.350 e. The van der Waals surface area contributed by atoms with Crippen molar-refractivity contribution in [1.29, 1.82) is 0 Å². The standard InChI is InChI=1S/C27H29N3O2.C4H11N/c31-26-20-28-25(16-18-30(26)17-15-21-7-3-1-4-8-21)19-29-27(32)24-13-11-23(12-14-24)22-9-5-2-6-10-22;1-2-3-4-5/h1-14,25,28H,15-20H2,(H,29,32);2-5H2,1H3. The fraction of sp³-hybridized carbons (Fsp3) is 0.355. The number of carbonyl (C=O) groups is 2. The SMILES string of the molecule is CCCCN.O=C(NCC1CCN(CCc2ccccc2)C(=O)CN1)c1ccc(-c2ccccc2)cc1. The minimum absolute atomic E-state index is 0.0771. The number of nitrogens with two attached hydrogens (primary N) is 1. The third kappa shape index (κ3) is 9.48. The summed E-state index contributed by atoms with van der Waals surface area (Å²) in [4.78, 5) is 27.0. The van der Waals surface area contributed by atoms with Crippen LogP contribution in [-0.2, 0) is 11.2 Å². The van der Waals surface area contributed by atoms with Gasteiger partial charge in [0, 0.05) is 31.2 Å². The fourth-order valence-corrected chi connectivity index (χ4v) is 4.17. The molecule has 3 aromatic carbocycles. The summed E-state index contributed by atoms with van der Waals surface area (Å²) >= 11 is 0. The number of nitrogens with one attached hydrogen (secondary N) is 2. The zero-order valence-corrected chi connectivity index (χ0v) is 21.9. The van der Waals surface area contributed by atoms with Crippen LogP contribution in [0.15, 0.2) is 84.9 Å². The van der Waals surface area contributed by atoms with Gasteiger partial charge in [0.2, 0.25) is 5.91 Å². The van der Waals surface area contributed by atoms with Crippen molar-refractivity contribution in [2.45, 2.75) is 38.6 Å². The number of rotatable bonds is 9. The molecule has 0 aliphatic carbocycles. The molecule has 1 aliphatic rings. The molecule has 4 rings (SSSR count). The first kappa shape index (κ1) is 28.1. The Bertz CT molecular complexity index is 1070. The first-order chi connectivity index (χ1) is 18.1. The first-order valence-electron chi connectivity index (χ1n) is 13.3. The van der Waals surface area contributed by atoms with Gasteiger partial charge in [0.15, 0.2) is 0 Å². The summed E-state index contributed by atoms with van der Waals surface area (Å²) in [5.41, 5.74) is 9.23. The molecule has 196 valence electrons. The number of hydrogen-bond acceptors (Lipinski definition) is 4. The molecule has 0 spiro atoms. The average molecular weight is 501 g/mol. The second-order valence-electron chi connectivity index (χ2n) is 9.28. The number of benzene rings is 3. The molecule has 1 atom stereocenters. The van der Waals surface area contributed by atoms with Crippen molar-refractivity contribution in [1.82, 2.24) is 15.5 Å². The van der Waals surface area contributed by atoms with Gasteiger partial charge in [-0.05, 0) is 54.6 Å². The van der Waals surface area contributed by atoms with Gasteiger partial charge in [0.25, 0.3) is 5.91 Å². The van der Waals surface area contributed by atoms with E-state index in [4.69, 9.17) is 5.73 Å². The Kier molecular flexibility index (Phi) is 11.8. The molecule has 0 saturated carbocycles. The van der Waals surface area contributed by atoms with Gasteiger partial charge < -0.3 is 21.3 Å². The van der Waals surface area contributed by atoms with E-state index in [2.05, 4.69) is 41.8 Å². The lowest BCUT2D eigenvalue weighted by Crippen LogP contribution is -2.42.